The fraction of sp³-hybridized carbons (Fsp3) is 0.909. The number of carbonyl (C=O) groups is 1. The van der Waals surface area contributed by atoms with Crippen LogP contribution in [0.4, 0.5) is 0 Å². The third kappa shape index (κ3) is 6.79. The summed E-state index contributed by atoms with van der Waals surface area (Å²) in [4.78, 5) is 13.5. The number of amides is 1. The van der Waals surface area contributed by atoms with E-state index in [0.717, 1.165) is 5.75 Å². The van der Waals surface area contributed by atoms with Crippen LogP contribution in [0.5, 0.6) is 0 Å². The molecular weight excluding hydrogens is 210 g/mol. The lowest BCUT2D eigenvalue weighted by atomic mass is 10.3. The molecule has 0 aliphatic carbocycles. The first-order valence-electron chi connectivity index (χ1n) is 5.61. The van der Waals surface area contributed by atoms with Gasteiger partial charge in [-0.3, -0.25) is 4.79 Å². The first kappa shape index (κ1) is 14.8. The number of carbonyl (C=O) groups excluding carboxylic acids is 1. The molecule has 0 aromatic carbocycles. The van der Waals surface area contributed by atoms with Crippen molar-refractivity contribution in [3.8, 4) is 0 Å². The highest BCUT2D eigenvalue weighted by molar-refractivity contribution is 7.99. The Morgan fingerprint density at radius 1 is 1.47 bits per heavy atom. The summed E-state index contributed by atoms with van der Waals surface area (Å²) < 4.78 is 0. The van der Waals surface area contributed by atoms with Crippen molar-refractivity contribution in [1.29, 1.82) is 0 Å². The molecule has 0 aliphatic rings. The van der Waals surface area contributed by atoms with E-state index >= 15 is 0 Å². The van der Waals surface area contributed by atoms with Gasteiger partial charge in [0.05, 0.1) is 12.4 Å². The summed E-state index contributed by atoms with van der Waals surface area (Å²) in [6.07, 6.45) is 2.34. The zero-order valence-electron chi connectivity index (χ0n) is 10.0. The third-order valence-corrected chi connectivity index (χ3v) is 3.18. The standard InChI is InChI=1S/C11H23NO2S/c1-4-5-8-15-9-11(14)12(6-7-13)10(2)3/h10,13H,4-9H2,1-3H3. The van der Waals surface area contributed by atoms with Crippen LogP contribution in [0.1, 0.15) is 33.6 Å². The van der Waals surface area contributed by atoms with Crippen molar-refractivity contribution >= 4 is 17.7 Å². The van der Waals surface area contributed by atoms with Crippen LogP contribution < -0.4 is 0 Å². The fourth-order valence-electron chi connectivity index (χ4n) is 1.27. The van der Waals surface area contributed by atoms with E-state index in [1.54, 1.807) is 16.7 Å². The number of unbranched alkanes of at least 4 members (excludes halogenated alkanes) is 1. The number of hydrogen-bond acceptors (Lipinski definition) is 3. The van der Waals surface area contributed by atoms with E-state index in [4.69, 9.17) is 5.11 Å². The monoisotopic (exact) mass is 233 g/mol. The van der Waals surface area contributed by atoms with E-state index < -0.39 is 0 Å². The molecule has 90 valence electrons. The molecule has 15 heavy (non-hydrogen) atoms. The van der Waals surface area contributed by atoms with Gasteiger partial charge in [0.15, 0.2) is 0 Å². The highest BCUT2D eigenvalue weighted by atomic mass is 32.2. The molecule has 0 atom stereocenters. The van der Waals surface area contributed by atoms with Crippen molar-refractivity contribution in [2.45, 2.75) is 39.7 Å². The van der Waals surface area contributed by atoms with E-state index in [1.165, 1.54) is 12.8 Å². The summed E-state index contributed by atoms with van der Waals surface area (Å²) in [6.45, 7) is 6.59. The Morgan fingerprint density at radius 2 is 2.13 bits per heavy atom. The summed E-state index contributed by atoms with van der Waals surface area (Å²) in [7, 11) is 0. The second-order valence-corrected chi connectivity index (χ2v) is 4.92. The summed E-state index contributed by atoms with van der Waals surface area (Å²) in [6, 6.07) is 0.177. The molecule has 0 aromatic heterocycles. The Balaban J connectivity index is 3.82. The van der Waals surface area contributed by atoms with Gasteiger partial charge >= 0.3 is 0 Å². The largest absolute Gasteiger partial charge is 0.395 e. The molecular formula is C11H23NO2S. The molecule has 0 rings (SSSR count). The normalized spacial score (nSPS) is 10.7. The van der Waals surface area contributed by atoms with Crippen molar-refractivity contribution < 1.29 is 9.90 Å². The van der Waals surface area contributed by atoms with Gasteiger partial charge in [-0.05, 0) is 26.0 Å². The molecule has 0 aromatic rings. The Kier molecular flexibility index (Phi) is 8.91. The SMILES string of the molecule is CCCCSCC(=O)N(CCO)C(C)C. The van der Waals surface area contributed by atoms with E-state index in [-0.39, 0.29) is 18.6 Å². The average molecular weight is 233 g/mol. The van der Waals surface area contributed by atoms with Crippen molar-refractivity contribution in [2.75, 3.05) is 24.7 Å². The number of thioether (sulfide) groups is 1. The van der Waals surface area contributed by atoms with Gasteiger partial charge in [0.1, 0.15) is 0 Å². The maximum atomic E-state index is 11.7. The van der Waals surface area contributed by atoms with Crippen molar-refractivity contribution in [1.82, 2.24) is 4.90 Å². The summed E-state index contributed by atoms with van der Waals surface area (Å²) >= 11 is 1.68. The highest BCUT2D eigenvalue weighted by Gasteiger charge is 2.15. The van der Waals surface area contributed by atoms with Gasteiger partial charge in [-0.1, -0.05) is 13.3 Å². The second-order valence-electron chi connectivity index (χ2n) is 3.81. The van der Waals surface area contributed by atoms with Gasteiger partial charge in [-0.25, -0.2) is 0 Å². The van der Waals surface area contributed by atoms with Crippen LogP contribution in [-0.2, 0) is 4.79 Å². The number of aliphatic hydroxyl groups excluding tert-OH is 1. The van der Waals surface area contributed by atoms with E-state index in [0.29, 0.717) is 12.3 Å². The minimum Gasteiger partial charge on any atom is -0.395 e. The summed E-state index contributed by atoms with van der Waals surface area (Å²) in [5.74, 6) is 1.73. The number of rotatable bonds is 8. The Bertz CT molecular complexity index is 174. The number of aliphatic hydroxyl groups is 1. The minimum atomic E-state index is 0.0452. The Morgan fingerprint density at radius 3 is 2.60 bits per heavy atom. The topological polar surface area (TPSA) is 40.5 Å². The lowest BCUT2D eigenvalue weighted by Gasteiger charge is -2.25. The molecule has 0 heterocycles. The lowest BCUT2D eigenvalue weighted by Crippen LogP contribution is -2.40. The first-order chi connectivity index (χ1) is 7.13. The van der Waals surface area contributed by atoms with Gasteiger partial charge in [0.2, 0.25) is 5.91 Å². The first-order valence-corrected chi connectivity index (χ1v) is 6.77. The molecule has 0 saturated carbocycles. The van der Waals surface area contributed by atoms with Crippen LogP contribution in [0.2, 0.25) is 0 Å². The maximum absolute atomic E-state index is 11.7. The molecule has 4 heteroatoms. The lowest BCUT2D eigenvalue weighted by molar-refractivity contribution is -0.130. The predicted octanol–water partition coefficient (Wildman–Crippen LogP) is 1.75. The zero-order chi connectivity index (χ0) is 11.7. The van der Waals surface area contributed by atoms with Gasteiger partial charge in [-0.2, -0.15) is 11.8 Å². The quantitative estimate of drug-likeness (QED) is 0.649. The Labute approximate surface area is 97.2 Å². The van der Waals surface area contributed by atoms with Crippen LogP contribution >= 0.6 is 11.8 Å². The van der Waals surface area contributed by atoms with Crippen LogP contribution in [-0.4, -0.2) is 46.6 Å². The molecule has 1 N–H and O–H groups in total. The van der Waals surface area contributed by atoms with Crippen LogP contribution in [0.25, 0.3) is 0 Å². The summed E-state index contributed by atoms with van der Waals surface area (Å²) in [5.41, 5.74) is 0. The van der Waals surface area contributed by atoms with Crippen molar-refractivity contribution in [3.63, 3.8) is 0 Å². The van der Waals surface area contributed by atoms with Crippen molar-refractivity contribution in [2.24, 2.45) is 0 Å². The molecule has 0 aliphatic heterocycles. The number of hydrogen-bond donors (Lipinski definition) is 1. The van der Waals surface area contributed by atoms with Gasteiger partial charge < -0.3 is 10.0 Å². The molecule has 3 nitrogen and oxygen atoms in total. The van der Waals surface area contributed by atoms with E-state index in [9.17, 15) is 4.79 Å². The molecule has 1 amide bonds. The maximum Gasteiger partial charge on any atom is 0.232 e. The van der Waals surface area contributed by atoms with E-state index in [1.807, 2.05) is 13.8 Å². The number of nitrogens with zero attached hydrogens (tertiary/aromatic N) is 1. The van der Waals surface area contributed by atoms with Gasteiger partial charge in [-0.15, -0.1) is 0 Å². The molecule has 0 radical (unpaired) electrons. The van der Waals surface area contributed by atoms with E-state index in [2.05, 4.69) is 6.92 Å². The average Bonchev–Trinajstić information content (AvgIpc) is 2.20. The molecule has 0 unspecified atom stereocenters. The molecule has 0 saturated heterocycles. The second kappa shape index (κ2) is 9.04. The van der Waals surface area contributed by atoms with Gasteiger partial charge in [0.25, 0.3) is 0 Å². The molecule has 0 spiro atoms. The molecule has 0 fully saturated rings. The van der Waals surface area contributed by atoms with Crippen molar-refractivity contribution in [3.05, 3.63) is 0 Å². The molecule has 0 bridgehead atoms. The summed E-state index contributed by atoms with van der Waals surface area (Å²) in [5, 5.41) is 8.84. The smallest absolute Gasteiger partial charge is 0.232 e. The zero-order valence-corrected chi connectivity index (χ0v) is 10.8. The highest BCUT2D eigenvalue weighted by Crippen LogP contribution is 2.08. The van der Waals surface area contributed by atoms with Crippen LogP contribution in [0.15, 0.2) is 0 Å². The van der Waals surface area contributed by atoms with Crippen LogP contribution in [0, 0.1) is 0 Å². The Hall–Kier alpha value is -0.220. The fourth-order valence-corrected chi connectivity index (χ4v) is 2.24. The third-order valence-electron chi connectivity index (χ3n) is 2.15. The predicted molar refractivity (Wildman–Crippen MR) is 66.2 cm³/mol. The van der Waals surface area contributed by atoms with Gasteiger partial charge in [0, 0.05) is 12.6 Å². The van der Waals surface area contributed by atoms with Crippen LogP contribution in [0.3, 0.4) is 0 Å². The minimum absolute atomic E-state index is 0.0452.